The van der Waals surface area contributed by atoms with Crippen molar-refractivity contribution >= 4 is 0 Å². The zero-order valence-corrected chi connectivity index (χ0v) is 8.78. The molecule has 11 heavy (non-hydrogen) atoms. The van der Waals surface area contributed by atoms with Crippen LogP contribution in [-0.4, -0.2) is 25.1 Å². The highest BCUT2D eigenvalue weighted by Gasteiger charge is 2.06. The molecular weight excluding hydrogens is 136 g/mol. The maximum absolute atomic E-state index is 3.10. The topological polar surface area (TPSA) is 15.3 Å². The fourth-order valence-corrected chi connectivity index (χ4v) is 0.941. The Morgan fingerprint density at radius 1 is 0.909 bits per heavy atom. The van der Waals surface area contributed by atoms with E-state index in [2.05, 4.69) is 10.4 Å². The maximum Gasteiger partial charge on any atom is 0.0131 e. The maximum atomic E-state index is 3.10. The van der Waals surface area contributed by atoms with Crippen molar-refractivity contribution in [1.29, 1.82) is 0 Å². The highest BCUT2D eigenvalue weighted by atomic mass is 15.5. The van der Waals surface area contributed by atoms with E-state index in [0.29, 0.717) is 0 Å². The minimum absolute atomic E-state index is 1.23. The first-order valence-electron chi connectivity index (χ1n) is 4.86. The van der Waals surface area contributed by atoms with E-state index in [1.54, 1.807) is 0 Å². The summed E-state index contributed by atoms with van der Waals surface area (Å²) in [6.07, 6.45) is 2.72. The van der Waals surface area contributed by atoms with Crippen LogP contribution in [0.5, 0.6) is 0 Å². The first kappa shape index (κ1) is 13.5. The molecule has 1 N–H and O–H groups in total. The lowest BCUT2D eigenvalue weighted by molar-refractivity contribution is 0.262. The summed E-state index contributed by atoms with van der Waals surface area (Å²) in [5, 5.41) is 2.24. The van der Waals surface area contributed by atoms with Crippen LogP contribution in [-0.2, 0) is 0 Å². The molecule has 0 bridgehead atoms. The molecule has 0 aromatic rings. The second-order valence-electron chi connectivity index (χ2n) is 1.92. The van der Waals surface area contributed by atoms with Gasteiger partial charge in [-0.25, -0.2) is 5.01 Å². The molecule has 0 saturated carbocycles. The lowest BCUT2D eigenvalue weighted by Crippen LogP contribution is -2.31. The summed E-state index contributed by atoms with van der Waals surface area (Å²) in [5.74, 6) is 0. The summed E-state index contributed by atoms with van der Waals surface area (Å²) >= 11 is 0. The van der Waals surface area contributed by atoms with Crippen molar-refractivity contribution in [3.05, 3.63) is 0 Å². The van der Waals surface area contributed by atoms with Gasteiger partial charge in [-0.2, -0.15) is 0 Å². The highest BCUT2D eigenvalue weighted by molar-refractivity contribution is 4.59. The fourth-order valence-electron chi connectivity index (χ4n) is 0.941. The van der Waals surface area contributed by atoms with Crippen molar-refractivity contribution in [2.24, 2.45) is 0 Å². The average Bonchev–Trinajstić information content (AvgIpc) is 2.63. The first-order chi connectivity index (χ1) is 5.43. The summed E-state index contributed by atoms with van der Waals surface area (Å²) < 4.78 is 0. The van der Waals surface area contributed by atoms with E-state index in [1.807, 2.05) is 34.7 Å². The lowest BCUT2D eigenvalue weighted by Gasteiger charge is -2.10. The zero-order valence-electron chi connectivity index (χ0n) is 8.78. The van der Waals surface area contributed by atoms with Crippen LogP contribution in [0.25, 0.3) is 0 Å². The predicted molar refractivity (Wildman–Crippen MR) is 52.6 cm³/mol. The van der Waals surface area contributed by atoms with Crippen LogP contribution >= 0.6 is 0 Å². The van der Waals surface area contributed by atoms with Gasteiger partial charge in [0.05, 0.1) is 0 Å². The Hall–Kier alpha value is -0.0800. The fraction of sp³-hybridized carbons (Fsp3) is 1.00. The van der Waals surface area contributed by atoms with Crippen molar-refractivity contribution in [2.45, 2.75) is 40.5 Å². The van der Waals surface area contributed by atoms with E-state index >= 15 is 0 Å². The number of hydrogen-bond donors (Lipinski definition) is 1. The molecule has 0 unspecified atom stereocenters. The standard InChI is InChI=1S/C5H12N2.2C2H6/c1-6-7-4-2-3-5-7;2*1-2/h6H,2-5H2,1H3;2*1-2H3. The predicted octanol–water partition coefficient (Wildman–Crippen LogP) is 2.27. The van der Waals surface area contributed by atoms with Gasteiger partial charge in [-0.05, 0) is 19.9 Å². The Balaban J connectivity index is 0. The van der Waals surface area contributed by atoms with Gasteiger partial charge < -0.3 is 0 Å². The first-order valence-corrected chi connectivity index (χ1v) is 4.86. The third kappa shape index (κ3) is 7.82. The van der Waals surface area contributed by atoms with Crippen LogP contribution in [0.2, 0.25) is 0 Å². The van der Waals surface area contributed by atoms with Gasteiger partial charge in [-0.1, -0.05) is 27.7 Å². The van der Waals surface area contributed by atoms with Gasteiger partial charge in [0.2, 0.25) is 0 Å². The average molecular weight is 160 g/mol. The quantitative estimate of drug-likeness (QED) is 0.633. The highest BCUT2D eigenvalue weighted by Crippen LogP contribution is 2.01. The number of hydrogen-bond acceptors (Lipinski definition) is 2. The molecule has 0 radical (unpaired) electrons. The molecule has 1 aliphatic heterocycles. The summed E-state index contributed by atoms with van der Waals surface area (Å²) in [6, 6.07) is 0. The smallest absolute Gasteiger partial charge is 0.0131 e. The molecule has 2 heteroatoms. The summed E-state index contributed by atoms with van der Waals surface area (Å²) in [7, 11) is 1.98. The SMILES string of the molecule is CC.CC.CNN1CCCC1. The minimum Gasteiger partial charge on any atom is -0.258 e. The van der Waals surface area contributed by atoms with E-state index in [0.717, 1.165) is 0 Å². The van der Waals surface area contributed by atoms with Crippen molar-refractivity contribution in [3.8, 4) is 0 Å². The Morgan fingerprint density at radius 2 is 1.27 bits per heavy atom. The Kier molecular flexibility index (Phi) is 15.4. The third-order valence-corrected chi connectivity index (χ3v) is 1.42. The van der Waals surface area contributed by atoms with E-state index < -0.39 is 0 Å². The zero-order chi connectivity index (χ0) is 9.11. The molecule has 1 fully saturated rings. The molecule has 70 valence electrons. The van der Waals surface area contributed by atoms with Gasteiger partial charge in [-0.15, -0.1) is 0 Å². The van der Waals surface area contributed by atoms with E-state index in [4.69, 9.17) is 0 Å². The van der Waals surface area contributed by atoms with Gasteiger partial charge >= 0.3 is 0 Å². The molecule has 1 saturated heterocycles. The van der Waals surface area contributed by atoms with Gasteiger partial charge in [-0.3, -0.25) is 5.43 Å². The molecule has 1 rings (SSSR count). The number of nitrogens with zero attached hydrogens (tertiary/aromatic N) is 1. The van der Waals surface area contributed by atoms with Crippen molar-refractivity contribution < 1.29 is 0 Å². The summed E-state index contributed by atoms with van der Waals surface area (Å²) in [4.78, 5) is 0. The van der Waals surface area contributed by atoms with Crippen LogP contribution in [0.3, 0.4) is 0 Å². The van der Waals surface area contributed by atoms with Crippen molar-refractivity contribution in [3.63, 3.8) is 0 Å². The van der Waals surface area contributed by atoms with Crippen LogP contribution in [0.4, 0.5) is 0 Å². The van der Waals surface area contributed by atoms with Crippen LogP contribution < -0.4 is 5.43 Å². The van der Waals surface area contributed by atoms with Crippen molar-refractivity contribution in [2.75, 3.05) is 20.1 Å². The Morgan fingerprint density at radius 3 is 1.45 bits per heavy atom. The lowest BCUT2D eigenvalue weighted by atomic mass is 10.4. The molecule has 0 amide bonds. The normalized spacial score (nSPS) is 16.1. The third-order valence-electron chi connectivity index (χ3n) is 1.42. The molecule has 0 atom stereocenters. The molecule has 1 heterocycles. The Bertz CT molecular complexity index is 49.5. The Labute approximate surface area is 71.9 Å². The largest absolute Gasteiger partial charge is 0.258 e. The van der Waals surface area contributed by atoms with Crippen LogP contribution in [0, 0.1) is 0 Å². The molecule has 0 aromatic heterocycles. The molecular formula is C9H24N2. The minimum atomic E-state index is 1.23. The molecule has 0 aromatic carbocycles. The van der Waals surface area contributed by atoms with Gasteiger partial charge in [0.1, 0.15) is 0 Å². The summed E-state index contributed by atoms with van der Waals surface area (Å²) in [6.45, 7) is 10.5. The molecule has 2 nitrogen and oxygen atoms in total. The van der Waals surface area contributed by atoms with Crippen molar-refractivity contribution in [1.82, 2.24) is 10.4 Å². The second kappa shape index (κ2) is 12.6. The van der Waals surface area contributed by atoms with E-state index in [-0.39, 0.29) is 0 Å². The molecule has 1 aliphatic rings. The number of nitrogens with one attached hydrogen (secondary N) is 1. The molecule has 0 aliphatic carbocycles. The number of rotatable bonds is 1. The van der Waals surface area contributed by atoms with Crippen LogP contribution in [0.1, 0.15) is 40.5 Å². The second-order valence-corrected chi connectivity index (χ2v) is 1.92. The van der Waals surface area contributed by atoms with E-state index in [9.17, 15) is 0 Å². The number of hydrazine groups is 1. The van der Waals surface area contributed by atoms with Crippen LogP contribution in [0.15, 0.2) is 0 Å². The van der Waals surface area contributed by atoms with Gasteiger partial charge in [0.15, 0.2) is 0 Å². The van der Waals surface area contributed by atoms with Gasteiger partial charge in [0, 0.05) is 13.1 Å². The van der Waals surface area contributed by atoms with Gasteiger partial charge in [0.25, 0.3) is 0 Å². The monoisotopic (exact) mass is 160 g/mol. The summed E-state index contributed by atoms with van der Waals surface area (Å²) in [5.41, 5.74) is 3.10. The molecule has 0 spiro atoms. The van der Waals surface area contributed by atoms with E-state index in [1.165, 1.54) is 25.9 Å².